The van der Waals surface area contributed by atoms with Gasteiger partial charge in [0.15, 0.2) is 8.32 Å². The summed E-state index contributed by atoms with van der Waals surface area (Å²) in [6.45, 7) is 17.7. The average molecular weight is 361 g/mol. The monoisotopic (exact) mass is 360 g/mol. The molecule has 7 heteroatoms. The van der Waals surface area contributed by atoms with Crippen molar-refractivity contribution in [1.29, 1.82) is 0 Å². The standard InChI is InChI=1S/C17H33NO5Si/c1-15(2,3)18(14(21)22)11-12(10-17(18,7)13(19)20)23-24(8,9)16(4,5)6/h12H,10-11H2,1-9H3,(H-,19,20,21,22)/p+1. The van der Waals surface area contributed by atoms with Crippen LogP contribution in [0.2, 0.25) is 18.1 Å². The minimum absolute atomic E-state index is 0.0180. The lowest BCUT2D eigenvalue weighted by Gasteiger charge is -2.48. The number of carbonyl (C=O) groups is 2. The van der Waals surface area contributed by atoms with Gasteiger partial charge in [-0.3, -0.25) is 0 Å². The van der Waals surface area contributed by atoms with Crippen molar-refractivity contribution in [3.8, 4) is 0 Å². The number of nitrogens with zero attached hydrogens (tertiary/aromatic N) is 1. The Morgan fingerprint density at radius 2 is 1.58 bits per heavy atom. The Balaban J connectivity index is 3.38. The fraction of sp³-hybridized carbons (Fsp3) is 0.882. The summed E-state index contributed by atoms with van der Waals surface area (Å²) in [5.41, 5.74) is -2.18. The van der Waals surface area contributed by atoms with Crippen molar-refractivity contribution >= 4 is 20.4 Å². The Morgan fingerprint density at radius 3 is 1.83 bits per heavy atom. The molecule has 3 unspecified atom stereocenters. The predicted molar refractivity (Wildman–Crippen MR) is 95.6 cm³/mol. The molecule has 0 bridgehead atoms. The molecule has 0 aliphatic carbocycles. The molecule has 1 amide bonds. The van der Waals surface area contributed by atoms with Gasteiger partial charge in [-0.25, -0.2) is 9.28 Å². The molecule has 1 heterocycles. The van der Waals surface area contributed by atoms with Crippen molar-refractivity contribution in [2.24, 2.45) is 0 Å². The molecule has 6 nitrogen and oxygen atoms in total. The fourth-order valence-corrected chi connectivity index (χ4v) is 5.03. The summed E-state index contributed by atoms with van der Waals surface area (Å²) < 4.78 is 5.89. The summed E-state index contributed by atoms with van der Waals surface area (Å²) in [7, 11) is -2.12. The molecule has 24 heavy (non-hydrogen) atoms. The van der Waals surface area contributed by atoms with E-state index in [1.807, 2.05) is 0 Å². The molecule has 0 aromatic heterocycles. The smallest absolute Gasteiger partial charge is 0.477 e. The highest BCUT2D eigenvalue weighted by atomic mass is 28.4. The van der Waals surface area contributed by atoms with Gasteiger partial charge in [0.05, 0.1) is 0 Å². The van der Waals surface area contributed by atoms with Crippen molar-refractivity contribution in [3.63, 3.8) is 0 Å². The molecule has 0 aromatic carbocycles. The Morgan fingerprint density at radius 1 is 1.12 bits per heavy atom. The van der Waals surface area contributed by atoms with Gasteiger partial charge in [-0.05, 0) is 38.9 Å². The SMILES string of the molecule is CC(C)(C)[N+]1(C(=O)O)CC(O[Si](C)(C)C(C)(C)C)CC1(C)C(=O)O. The van der Waals surface area contributed by atoms with E-state index in [1.54, 1.807) is 27.7 Å². The minimum Gasteiger partial charge on any atom is -0.477 e. The molecule has 1 saturated heterocycles. The summed E-state index contributed by atoms with van der Waals surface area (Å²) in [4.78, 5) is 24.3. The Hall–Kier alpha value is -0.923. The predicted octanol–water partition coefficient (Wildman–Crippen LogP) is 3.92. The molecule has 3 atom stereocenters. The number of carboxylic acid groups (broad SMARTS) is 2. The first-order valence-electron chi connectivity index (χ1n) is 8.45. The lowest BCUT2D eigenvalue weighted by Crippen LogP contribution is -2.73. The number of hydrogen-bond donors (Lipinski definition) is 2. The number of aliphatic carboxylic acids is 1. The van der Waals surface area contributed by atoms with Crippen LogP contribution in [-0.4, -0.2) is 58.8 Å². The molecule has 2 N–H and O–H groups in total. The van der Waals surface area contributed by atoms with Crippen LogP contribution in [0, 0.1) is 0 Å². The quantitative estimate of drug-likeness (QED) is 0.589. The molecule has 1 aliphatic heterocycles. The van der Waals surface area contributed by atoms with Crippen LogP contribution in [0.1, 0.15) is 54.9 Å². The molecule has 0 spiro atoms. The lowest BCUT2D eigenvalue weighted by molar-refractivity contribution is -0.929. The average Bonchev–Trinajstić information content (AvgIpc) is 2.61. The highest BCUT2D eigenvalue weighted by molar-refractivity contribution is 6.74. The van der Waals surface area contributed by atoms with Crippen molar-refractivity contribution in [2.75, 3.05) is 6.54 Å². The highest BCUT2D eigenvalue weighted by Gasteiger charge is 2.70. The number of rotatable bonds is 3. The first-order chi connectivity index (χ1) is 10.4. The van der Waals surface area contributed by atoms with Crippen LogP contribution in [0.5, 0.6) is 0 Å². The van der Waals surface area contributed by atoms with E-state index < -0.39 is 35.9 Å². The summed E-state index contributed by atoms with van der Waals surface area (Å²) in [5, 5.41) is 19.9. The maximum Gasteiger partial charge on any atom is 0.514 e. The van der Waals surface area contributed by atoms with Crippen molar-refractivity contribution < 1.29 is 28.7 Å². The molecule has 1 rings (SSSR count). The second-order valence-corrected chi connectivity index (χ2v) is 14.5. The zero-order chi connectivity index (χ0) is 19.4. The second-order valence-electron chi connectivity index (χ2n) is 9.73. The Labute approximate surface area is 146 Å². The first-order valence-corrected chi connectivity index (χ1v) is 11.4. The molecule has 1 fully saturated rings. The van der Waals surface area contributed by atoms with Gasteiger partial charge in [-0.2, -0.15) is 4.79 Å². The van der Waals surface area contributed by atoms with E-state index >= 15 is 0 Å². The van der Waals surface area contributed by atoms with Crippen LogP contribution in [0.25, 0.3) is 0 Å². The highest BCUT2D eigenvalue weighted by Crippen LogP contribution is 2.48. The summed E-state index contributed by atoms with van der Waals surface area (Å²) in [6.07, 6.45) is -1.27. The molecule has 1 aliphatic rings. The summed E-state index contributed by atoms with van der Waals surface area (Å²) >= 11 is 0. The van der Waals surface area contributed by atoms with Gasteiger partial charge < -0.3 is 14.6 Å². The molecule has 0 aromatic rings. The zero-order valence-corrected chi connectivity index (χ0v) is 17.6. The van der Waals surface area contributed by atoms with Crippen molar-refractivity contribution in [2.45, 2.75) is 90.2 Å². The van der Waals surface area contributed by atoms with Gasteiger partial charge in [0.2, 0.25) is 5.54 Å². The Kier molecular flexibility index (Phi) is 5.11. The van der Waals surface area contributed by atoms with Crippen LogP contribution >= 0.6 is 0 Å². The van der Waals surface area contributed by atoms with E-state index in [1.165, 1.54) is 0 Å². The van der Waals surface area contributed by atoms with Crippen LogP contribution < -0.4 is 0 Å². The van der Waals surface area contributed by atoms with E-state index in [4.69, 9.17) is 4.43 Å². The molecule has 0 radical (unpaired) electrons. The molecule has 140 valence electrons. The van der Waals surface area contributed by atoms with Gasteiger partial charge in [-0.1, -0.05) is 20.8 Å². The maximum absolute atomic E-state index is 12.3. The zero-order valence-electron chi connectivity index (χ0n) is 16.6. The third-order valence-electron chi connectivity index (χ3n) is 6.15. The van der Waals surface area contributed by atoms with Crippen LogP contribution in [-0.2, 0) is 9.22 Å². The first kappa shape index (κ1) is 21.1. The largest absolute Gasteiger partial charge is 0.514 e. The van der Waals surface area contributed by atoms with Gasteiger partial charge in [0, 0.05) is 13.3 Å². The third-order valence-corrected chi connectivity index (χ3v) is 10.7. The lowest BCUT2D eigenvalue weighted by atomic mass is 9.90. The van der Waals surface area contributed by atoms with E-state index in [-0.39, 0.29) is 24.1 Å². The van der Waals surface area contributed by atoms with E-state index in [0.717, 1.165) is 0 Å². The molecule has 0 saturated carbocycles. The van der Waals surface area contributed by atoms with Gasteiger partial charge in [0.25, 0.3) is 0 Å². The second kappa shape index (κ2) is 5.81. The van der Waals surface area contributed by atoms with Gasteiger partial charge in [0.1, 0.15) is 18.2 Å². The van der Waals surface area contributed by atoms with Crippen molar-refractivity contribution in [1.82, 2.24) is 0 Å². The number of likely N-dealkylation sites (tertiary alicyclic amines) is 1. The van der Waals surface area contributed by atoms with Crippen LogP contribution in [0.15, 0.2) is 0 Å². The molecular formula is C17H34NO5Si+. The summed E-state index contributed by atoms with van der Waals surface area (Å²) in [5.74, 6) is -1.08. The maximum atomic E-state index is 12.3. The van der Waals surface area contributed by atoms with E-state index in [2.05, 4.69) is 33.9 Å². The van der Waals surface area contributed by atoms with Crippen molar-refractivity contribution in [3.05, 3.63) is 0 Å². The fourth-order valence-electron chi connectivity index (χ4n) is 3.68. The number of carboxylic acids is 1. The number of hydrogen-bond acceptors (Lipinski definition) is 3. The van der Waals surface area contributed by atoms with Gasteiger partial charge in [-0.15, -0.1) is 0 Å². The minimum atomic E-state index is -2.12. The summed E-state index contributed by atoms with van der Waals surface area (Å²) in [6, 6.07) is 0. The van der Waals surface area contributed by atoms with E-state index in [9.17, 15) is 19.8 Å². The number of quaternary nitrogens is 1. The number of amides is 1. The topological polar surface area (TPSA) is 83.8 Å². The third kappa shape index (κ3) is 3.02. The Bertz CT molecular complexity index is 534. The van der Waals surface area contributed by atoms with Gasteiger partial charge >= 0.3 is 12.1 Å². The normalized spacial score (nSPS) is 32.0. The van der Waals surface area contributed by atoms with Crippen LogP contribution in [0.4, 0.5) is 4.79 Å². The van der Waals surface area contributed by atoms with E-state index in [0.29, 0.717) is 0 Å². The van der Waals surface area contributed by atoms with Crippen LogP contribution in [0.3, 0.4) is 0 Å². The molecular weight excluding hydrogens is 326 g/mol.